The molecule has 1 aliphatic rings. The largest absolute Gasteiger partial charge is 0.493 e. The average Bonchev–Trinajstić information content (AvgIpc) is 3.31. The molecule has 0 saturated heterocycles. The van der Waals surface area contributed by atoms with Crippen LogP contribution in [0.15, 0.2) is 35.5 Å². The number of nitrogens with one attached hydrogen (secondary N) is 1. The Morgan fingerprint density at radius 3 is 3.04 bits per heavy atom. The molecule has 6 nitrogen and oxygen atoms in total. The van der Waals surface area contributed by atoms with Crippen LogP contribution < -0.4 is 9.47 Å². The van der Waals surface area contributed by atoms with Crippen LogP contribution in [0.25, 0.3) is 11.0 Å². The van der Waals surface area contributed by atoms with Crippen molar-refractivity contribution in [2.24, 2.45) is 0 Å². The molecule has 1 aliphatic heterocycles. The van der Waals surface area contributed by atoms with Crippen LogP contribution in [0.2, 0.25) is 0 Å². The summed E-state index contributed by atoms with van der Waals surface area (Å²) in [6.45, 7) is 3.98. The van der Waals surface area contributed by atoms with Crippen LogP contribution >= 0.6 is 0 Å². The maximum Gasteiger partial charge on any atom is 0.197 e. The first-order valence-electron chi connectivity index (χ1n) is 9.40. The number of benzene rings is 2. The van der Waals surface area contributed by atoms with Crippen molar-refractivity contribution in [1.29, 1.82) is 0 Å². The highest BCUT2D eigenvalue weighted by Crippen LogP contribution is 2.30. The van der Waals surface area contributed by atoms with Crippen LogP contribution in [0.3, 0.4) is 0 Å². The van der Waals surface area contributed by atoms with Crippen LogP contribution in [-0.4, -0.2) is 41.1 Å². The molecule has 1 aromatic heterocycles. The van der Waals surface area contributed by atoms with E-state index in [-0.39, 0.29) is 0 Å². The third kappa shape index (κ3) is 3.91. The van der Waals surface area contributed by atoms with Gasteiger partial charge in [0.15, 0.2) is 5.16 Å². The number of aromatic amines is 1. The van der Waals surface area contributed by atoms with Crippen molar-refractivity contribution < 1.29 is 18.4 Å². The van der Waals surface area contributed by atoms with Crippen molar-refractivity contribution in [2.45, 2.75) is 30.7 Å². The Morgan fingerprint density at radius 1 is 1.29 bits per heavy atom. The van der Waals surface area contributed by atoms with E-state index in [1.807, 2.05) is 37.3 Å². The molecule has 1 atom stereocenters. The summed E-state index contributed by atoms with van der Waals surface area (Å²) in [5.41, 5.74) is 4.86. The zero-order valence-electron chi connectivity index (χ0n) is 16.1. The zero-order chi connectivity index (χ0) is 19.5. The van der Waals surface area contributed by atoms with E-state index in [1.165, 1.54) is 5.56 Å². The van der Waals surface area contributed by atoms with E-state index < -0.39 is 10.8 Å². The van der Waals surface area contributed by atoms with E-state index in [2.05, 4.69) is 9.97 Å². The van der Waals surface area contributed by atoms with E-state index in [0.717, 1.165) is 46.5 Å². The molecule has 0 radical (unpaired) electrons. The van der Waals surface area contributed by atoms with Crippen molar-refractivity contribution in [3.8, 4) is 11.5 Å². The topological polar surface area (TPSA) is 73.4 Å². The molecular weight excluding hydrogens is 376 g/mol. The molecule has 0 amide bonds. The van der Waals surface area contributed by atoms with Gasteiger partial charge < -0.3 is 19.2 Å². The van der Waals surface area contributed by atoms with Gasteiger partial charge in [-0.1, -0.05) is 12.1 Å². The molecule has 0 saturated carbocycles. The fourth-order valence-corrected chi connectivity index (χ4v) is 4.49. The van der Waals surface area contributed by atoms with Crippen molar-refractivity contribution in [3.63, 3.8) is 0 Å². The summed E-state index contributed by atoms with van der Waals surface area (Å²) in [5, 5.41) is 0.490. The van der Waals surface area contributed by atoms with Gasteiger partial charge in [-0.25, -0.2) is 4.98 Å². The Balaban J connectivity index is 1.50. The molecule has 3 aromatic rings. The average molecular weight is 401 g/mol. The Labute approximate surface area is 166 Å². The van der Waals surface area contributed by atoms with Crippen LogP contribution in [0, 0.1) is 6.92 Å². The summed E-state index contributed by atoms with van der Waals surface area (Å²) >= 11 is 0. The fraction of sp³-hybridized carbons (Fsp3) is 0.381. The van der Waals surface area contributed by atoms with E-state index >= 15 is 0 Å². The molecule has 28 heavy (non-hydrogen) atoms. The number of methoxy groups -OCH3 is 1. The SMILES string of the molecule is COCCCOc1cccc(CS(=O)c2nc3cc4c(cc3[nH]2)CCO4)c1C. The molecule has 2 heterocycles. The molecule has 0 fully saturated rings. The molecular formula is C21H24N2O4S. The van der Waals surface area contributed by atoms with Crippen LogP contribution in [-0.2, 0) is 27.7 Å². The smallest absolute Gasteiger partial charge is 0.197 e. The second-order valence-electron chi connectivity index (χ2n) is 6.84. The third-order valence-electron chi connectivity index (χ3n) is 4.92. The summed E-state index contributed by atoms with van der Waals surface area (Å²) in [4.78, 5) is 7.74. The molecule has 0 bridgehead atoms. The van der Waals surface area contributed by atoms with Gasteiger partial charge in [0, 0.05) is 32.6 Å². The van der Waals surface area contributed by atoms with E-state index in [9.17, 15) is 4.21 Å². The summed E-state index contributed by atoms with van der Waals surface area (Å²) in [6, 6.07) is 9.84. The van der Waals surface area contributed by atoms with Gasteiger partial charge in [-0.3, -0.25) is 4.21 Å². The molecule has 2 aromatic carbocycles. The van der Waals surface area contributed by atoms with Crippen LogP contribution in [0.4, 0.5) is 0 Å². The Bertz CT molecular complexity index is 974. The number of nitrogens with zero attached hydrogens (tertiary/aromatic N) is 1. The van der Waals surface area contributed by atoms with E-state index in [1.54, 1.807) is 7.11 Å². The van der Waals surface area contributed by atoms with E-state index in [4.69, 9.17) is 14.2 Å². The normalized spacial score (nSPS) is 14.1. The second kappa shape index (κ2) is 8.32. The van der Waals surface area contributed by atoms with Crippen LogP contribution in [0.1, 0.15) is 23.1 Å². The van der Waals surface area contributed by atoms with Gasteiger partial charge in [-0.05, 0) is 35.7 Å². The van der Waals surface area contributed by atoms with Crippen molar-refractivity contribution >= 4 is 21.8 Å². The predicted octanol–water partition coefficient (Wildman–Crippen LogP) is 3.53. The summed E-state index contributed by atoms with van der Waals surface area (Å²) in [5.74, 6) is 2.09. The van der Waals surface area contributed by atoms with Crippen molar-refractivity contribution in [1.82, 2.24) is 9.97 Å². The summed E-state index contributed by atoms with van der Waals surface area (Å²) in [7, 11) is 0.406. The monoisotopic (exact) mass is 400 g/mol. The number of rotatable bonds is 8. The number of hydrogen-bond acceptors (Lipinski definition) is 5. The molecule has 1 unspecified atom stereocenters. The highest BCUT2D eigenvalue weighted by Gasteiger charge is 2.18. The Kier molecular flexibility index (Phi) is 5.64. The number of H-pyrrole nitrogens is 1. The Hall–Kier alpha value is -2.38. The standard InChI is InChI=1S/C21H24N2O4S/c1-14-16(5-3-6-19(14)26-9-4-8-25-2)13-28(24)21-22-17-11-15-7-10-27-20(15)12-18(17)23-21/h3,5-6,11-12H,4,7-10,13H2,1-2H3,(H,22,23). The highest BCUT2D eigenvalue weighted by atomic mass is 32.2. The van der Waals surface area contributed by atoms with Gasteiger partial charge in [0.05, 0.1) is 40.8 Å². The fourth-order valence-electron chi connectivity index (χ4n) is 3.34. The maximum absolute atomic E-state index is 12.9. The second-order valence-corrected chi connectivity index (χ2v) is 8.21. The maximum atomic E-state index is 12.9. The first-order chi connectivity index (χ1) is 13.7. The van der Waals surface area contributed by atoms with Gasteiger partial charge in [0.1, 0.15) is 11.5 Å². The van der Waals surface area contributed by atoms with Gasteiger partial charge >= 0.3 is 0 Å². The predicted molar refractivity (Wildman–Crippen MR) is 109 cm³/mol. The molecule has 148 valence electrons. The van der Waals surface area contributed by atoms with Crippen LogP contribution in [0.5, 0.6) is 11.5 Å². The third-order valence-corrected chi connectivity index (χ3v) is 6.12. The molecule has 7 heteroatoms. The molecule has 0 spiro atoms. The zero-order valence-corrected chi connectivity index (χ0v) is 16.9. The lowest BCUT2D eigenvalue weighted by molar-refractivity contribution is 0.172. The number of hydrogen-bond donors (Lipinski definition) is 1. The number of fused-ring (bicyclic) bond motifs is 2. The number of ether oxygens (including phenoxy) is 3. The highest BCUT2D eigenvalue weighted by molar-refractivity contribution is 7.84. The quantitative estimate of drug-likeness (QED) is 0.586. The van der Waals surface area contributed by atoms with Crippen molar-refractivity contribution in [3.05, 3.63) is 47.0 Å². The first kappa shape index (κ1) is 19.0. The molecule has 4 rings (SSSR count). The first-order valence-corrected chi connectivity index (χ1v) is 10.7. The minimum atomic E-state index is -1.27. The summed E-state index contributed by atoms with van der Waals surface area (Å²) in [6.07, 6.45) is 1.73. The van der Waals surface area contributed by atoms with Gasteiger partial charge in [0.25, 0.3) is 0 Å². The summed E-state index contributed by atoms with van der Waals surface area (Å²) < 4.78 is 29.4. The lowest BCUT2D eigenvalue weighted by atomic mass is 10.1. The van der Waals surface area contributed by atoms with Gasteiger partial charge in [-0.15, -0.1) is 0 Å². The lowest BCUT2D eigenvalue weighted by Gasteiger charge is -2.12. The van der Waals surface area contributed by atoms with E-state index in [0.29, 0.717) is 30.7 Å². The molecule has 1 N–H and O–H groups in total. The Morgan fingerprint density at radius 2 is 2.18 bits per heavy atom. The number of aromatic nitrogens is 2. The lowest BCUT2D eigenvalue weighted by Crippen LogP contribution is -2.05. The minimum Gasteiger partial charge on any atom is -0.493 e. The van der Waals surface area contributed by atoms with Crippen molar-refractivity contribution in [2.75, 3.05) is 26.9 Å². The van der Waals surface area contributed by atoms with Gasteiger partial charge in [-0.2, -0.15) is 0 Å². The van der Waals surface area contributed by atoms with Gasteiger partial charge in [0.2, 0.25) is 0 Å². The molecule has 0 aliphatic carbocycles. The minimum absolute atomic E-state index is 0.386. The number of imidazole rings is 1.